The number of carbonyl (C=O) groups is 1. The molecule has 1 saturated heterocycles. The third kappa shape index (κ3) is 3.67. The number of pyridine rings is 1. The molecule has 2 heterocycles. The van der Waals surface area contributed by atoms with Crippen molar-refractivity contribution in [2.75, 3.05) is 18.0 Å². The van der Waals surface area contributed by atoms with Crippen molar-refractivity contribution in [3.8, 4) is 5.69 Å². The van der Waals surface area contributed by atoms with Gasteiger partial charge < -0.3 is 15.7 Å². The molecule has 4 rings (SSSR count). The Labute approximate surface area is 187 Å². The summed E-state index contributed by atoms with van der Waals surface area (Å²) in [4.78, 5) is 26.7. The first-order chi connectivity index (χ1) is 15.8. The van der Waals surface area contributed by atoms with Crippen LogP contribution in [-0.4, -0.2) is 34.8 Å². The van der Waals surface area contributed by atoms with Gasteiger partial charge in [0.2, 0.25) is 5.43 Å². The van der Waals surface area contributed by atoms with Crippen LogP contribution in [0.3, 0.4) is 0 Å². The number of carboxylic acid groups (broad SMARTS) is 1. The first-order valence-corrected chi connectivity index (χ1v) is 10.0. The Morgan fingerprint density at radius 1 is 1.15 bits per heavy atom. The van der Waals surface area contributed by atoms with E-state index in [4.69, 9.17) is 5.73 Å². The van der Waals surface area contributed by atoms with Gasteiger partial charge in [-0.1, -0.05) is 0 Å². The molecule has 6 nitrogen and oxygen atoms in total. The Morgan fingerprint density at radius 2 is 1.82 bits per heavy atom. The zero-order chi connectivity index (χ0) is 25.1. The van der Waals surface area contributed by atoms with Gasteiger partial charge in [0.15, 0.2) is 0 Å². The fraction of sp³-hybridized carbons (Fsp3) is 0.273. The zero-order valence-corrected chi connectivity index (χ0v) is 17.5. The lowest BCUT2D eigenvalue weighted by Gasteiger charge is -2.28. The summed E-state index contributed by atoms with van der Waals surface area (Å²) in [5.41, 5.74) is -0.207. The minimum atomic E-state index is -5.21. The molecule has 12 heteroatoms. The van der Waals surface area contributed by atoms with E-state index in [1.54, 1.807) is 0 Å². The van der Waals surface area contributed by atoms with Gasteiger partial charge >= 0.3 is 12.1 Å². The molecule has 180 valence electrons. The first kappa shape index (κ1) is 23.6. The Kier molecular flexibility index (Phi) is 5.59. The van der Waals surface area contributed by atoms with Crippen LogP contribution in [0.25, 0.3) is 16.6 Å². The molecule has 3 aromatic rings. The van der Waals surface area contributed by atoms with Gasteiger partial charge in [-0.05, 0) is 37.1 Å². The number of alkyl halides is 3. The molecule has 0 bridgehead atoms. The van der Waals surface area contributed by atoms with Crippen molar-refractivity contribution in [1.29, 1.82) is 0 Å². The van der Waals surface area contributed by atoms with Crippen molar-refractivity contribution >= 4 is 22.7 Å². The number of hydrogen-bond donors (Lipinski definition) is 2. The SMILES string of the molecule is Cc1c(F)cc(C(F)(F)F)c2c1c(=O)c(C(=O)O)c(N1CCC(N)C1)n2-c1ccc(F)cc1F. The summed E-state index contributed by atoms with van der Waals surface area (Å²) in [6, 6.07) is 1.65. The van der Waals surface area contributed by atoms with Crippen LogP contribution in [0.1, 0.15) is 27.9 Å². The van der Waals surface area contributed by atoms with E-state index in [-0.39, 0.29) is 19.2 Å². The smallest absolute Gasteiger partial charge is 0.418 e. The molecule has 0 amide bonds. The average Bonchev–Trinajstić information content (AvgIpc) is 3.15. The highest BCUT2D eigenvalue weighted by Gasteiger charge is 2.39. The average molecular weight is 485 g/mol. The number of benzene rings is 2. The molecule has 1 aromatic heterocycles. The summed E-state index contributed by atoms with van der Waals surface area (Å²) < 4.78 is 85.9. The van der Waals surface area contributed by atoms with E-state index in [1.165, 1.54) is 4.90 Å². The van der Waals surface area contributed by atoms with Crippen LogP contribution in [0.15, 0.2) is 29.1 Å². The Bertz CT molecular complexity index is 1400. The highest BCUT2D eigenvalue weighted by molar-refractivity contribution is 6.01. The second-order valence-electron chi connectivity index (χ2n) is 8.01. The van der Waals surface area contributed by atoms with Gasteiger partial charge in [0.05, 0.1) is 22.2 Å². The molecule has 0 radical (unpaired) electrons. The lowest BCUT2D eigenvalue weighted by molar-refractivity contribution is -0.136. The molecule has 3 N–H and O–H groups in total. The van der Waals surface area contributed by atoms with Gasteiger partial charge in [-0.25, -0.2) is 18.0 Å². The Hall–Kier alpha value is -3.54. The van der Waals surface area contributed by atoms with Crippen LogP contribution in [0.5, 0.6) is 0 Å². The van der Waals surface area contributed by atoms with Crippen LogP contribution in [0, 0.1) is 24.4 Å². The number of aromatic carboxylic acids is 1. The standard InChI is InChI=1S/C22H17F6N3O3/c1-9-13(24)7-12(22(26,27)28)18-16(9)19(32)17(21(33)34)20(30-5-4-11(29)8-30)31(18)15-3-2-10(23)6-14(15)25/h2-3,6-7,11H,4-5,8,29H2,1H3,(H,33,34). The second kappa shape index (κ2) is 8.05. The summed E-state index contributed by atoms with van der Waals surface area (Å²) in [5.74, 6) is -6.11. The topological polar surface area (TPSA) is 88.6 Å². The summed E-state index contributed by atoms with van der Waals surface area (Å²) in [5, 5.41) is 8.99. The number of halogens is 6. The van der Waals surface area contributed by atoms with Crippen molar-refractivity contribution < 1.29 is 36.2 Å². The predicted octanol–water partition coefficient (Wildman–Crippen LogP) is 3.97. The van der Waals surface area contributed by atoms with Crippen molar-refractivity contribution in [2.45, 2.75) is 25.6 Å². The third-order valence-electron chi connectivity index (χ3n) is 5.80. The summed E-state index contributed by atoms with van der Waals surface area (Å²) >= 11 is 0. The largest absolute Gasteiger partial charge is 0.477 e. The second-order valence-corrected chi connectivity index (χ2v) is 8.01. The fourth-order valence-electron chi connectivity index (χ4n) is 4.27. The number of carboxylic acids is 1. The van der Waals surface area contributed by atoms with Crippen molar-refractivity contribution in [2.24, 2.45) is 5.73 Å². The lowest BCUT2D eigenvalue weighted by atomic mass is 9.99. The Morgan fingerprint density at radius 3 is 2.35 bits per heavy atom. The van der Waals surface area contributed by atoms with E-state index in [1.807, 2.05) is 0 Å². The Balaban J connectivity index is 2.36. The van der Waals surface area contributed by atoms with Gasteiger partial charge in [-0.2, -0.15) is 13.2 Å². The molecule has 0 spiro atoms. The van der Waals surface area contributed by atoms with Crippen LogP contribution >= 0.6 is 0 Å². The van der Waals surface area contributed by atoms with E-state index >= 15 is 0 Å². The molecule has 0 saturated carbocycles. The van der Waals surface area contributed by atoms with E-state index in [2.05, 4.69) is 0 Å². The third-order valence-corrected chi connectivity index (χ3v) is 5.80. The minimum Gasteiger partial charge on any atom is -0.477 e. The maximum absolute atomic E-state index is 15.0. The number of nitrogens with zero attached hydrogens (tertiary/aromatic N) is 2. The lowest BCUT2D eigenvalue weighted by Crippen LogP contribution is -2.34. The molecular formula is C22H17F6N3O3. The van der Waals surface area contributed by atoms with Gasteiger partial charge in [0.1, 0.15) is 28.8 Å². The maximum atomic E-state index is 15.0. The summed E-state index contributed by atoms with van der Waals surface area (Å²) in [7, 11) is 0. The van der Waals surface area contributed by atoms with E-state index in [0.29, 0.717) is 17.1 Å². The summed E-state index contributed by atoms with van der Waals surface area (Å²) in [6.07, 6.45) is -4.90. The molecule has 34 heavy (non-hydrogen) atoms. The van der Waals surface area contributed by atoms with Gasteiger partial charge in [0.25, 0.3) is 0 Å². The number of rotatable bonds is 3. The molecule has 0 aliphatic carbocycles. The summed E-state index contributed by atoms with van der Waals surface area (Å²) in [6.45, 7) is 1.02. The quantitative estimate of drug-likeness (QED) is 0.549. The highest BCUT2D eigenvalue weighted by Crippen LogP contribution is 2.40. The van der Waals surface area contributed by atoms with Crippen molar-refractivity contribution in [3.05, 3.63) is 68.6 Å². The molecule has 1 unspecified atom stereocenters. The molecule has 2 aromatic carbocycles. The number of nitrogens with two attached hydrogens (primary N) is 1. The van der Waals surface area contributed by atoms with Crippen LogP contribution in [-0.2, 0) is 6.18 Å². The van der Waals surface area contributed by atoms with E-state index < -0.39 is 80.2 Å². The van der Waals surface area contributed by atoms with Crippen LogP contribution in [0.4, 0.5) is 32.2 Å². The van der Waals surface area contributed by atoms with Gasteiger partial charge in [0, 0.05) is 25.2 Å². The monoisotopic (exact) mass is 485 g/mol. The number of aromatic nitrogens is 1. The molecule has 1 aliphatic rings. The van der Waals surface area contributed by atoms with Crippen molar-refractivity contribution in [3.63, 3.8) is 0 Å². The minimum absolute atomic E-state index is 0.0461. The number of hydrogen-bond acceptors (Lipinski definition) is 4. The van der Waals surface area contributed by atoms with E-state index in [9.17, 15) is 41.0 Å². The van der Waals surface area contributed by atoms with Crippen molar-refractivity contribution in [1.82, 2.24) is 4.57 Å². The zero-order valence-electron chi connectivity index (χ0n) is 17.5. The van der Waals surface area contributed by atoms with E-state index in [0.717, 1.165) is 19.1 Å². The first-order valence-electron chi connectivity index (χ1n) is 10.0. The fourth-order valence-corrected chi connectivity index (χ4v) is 4.27. The number of anilines is 1. The molecular weight excluding hydrogens is 468 g/mol. The normalized spacial score (nSPS) is 16.5. The van der Waals surface area contributed by atoms with Gasteiger partial charge in [-0.3, -0.25) is 9.36 Å². The molecule has 1 atom stereocenters. The molecule has 1 fully saturated rings. The maximum Gasteiger partial charge on any atom is 0.418 e. The number of aryl methyl sites for hydroxylation is 1. The van der Waals surface area contributed by atoms with Crippen LogP contribution in [0.2, 0.25) is 0 Å². The van der Waals surface area contributed by atoms with Crippen LogP contribution < -0.4 is 16.1 Å². The number of fused-ring (bicyclic) bond motifs is 1. The molecule has 1 aliphatic heterocycles. The van der Waals surface area contributed by atoms with Gasteiger partial charge in [-0.15, -0.1) is 0 Å². The highest BCUT2D eigenvalue weighted by atomic mass is 19.4. The predicted molar refractivity (Wildman–Crippen MR) is 111 cm³/mol.